The number of imidazole rings is 1. The molecule has 0 aliphatic carbocycles. The number of hydrogen-bond acceptors (Lipinski definition) is 3. The minimum Gasteiger partial charge on any atom is -0.314 e. The van der Waals surface area contributed by atoms with Gasteiger partial charge in [-0.1, -0.05) is 30.3 Å². The van der Waals surface area contributed by atoms with E-state index in [-0.39, 0.29) is 24.2 Å². The van der Waals surface area contributed by atoms with Crippen LogP contribution in [0.15, 0.2) is 54.6 Å². The van der Waals surface area contributed by atoms with Crippen molar-refractivity contribution in [2.45, 2.75) is 25.8 Å². The zero-order valence-corrected chi connectivity index (χ0v) is 15.5. The lowest BCUT2D eigenvalue weighted by atomic mass is 9.92. The van der Waals surface area contributed by atoms with Crippen molar-refractivity contribution in [2.75, 3.05) is 11.9 Å². The van der Waals surface area contributed by atoms with E-state index in [9.17, 15) is 4.79 Å². The Bertz CT molecular complexity index is 893. The van der Waals surface area contributed by atoms with E-state index in [1.165, 1.54) is 0 Å². The van der Waals surface area contributed by atoms with Gasteiger partial charge in [0.05, 0.1) is 11.0 Å². The molecule has 2 heterocycles. The van der Waals surface area contributed by atoms with Crippen molar-refractivity contribution in [3.05, 3.63) is 54.6 Å². The topological polar surface area (TPSA) is 59.0 Å². The third-order valence-corrected chi connectivity index (χ3v) is 4.80. The van der Waals surface area contributed by atoms with Crippen LogP contribution in [0.2, 0.25) is 0 Å². The molecule has 2 atom stereocenters. The summed E-state index contributed by atoms with van der Waals surface area (Å²) in [6, 6.07) is 18.3. The first-order valence-electron chi connectivity index (χ1n) is 8.79. The van der Waals surface area contributed by atoms with E-state index >= 15 is 0 Å². The van der Waals surface area contributed by atoms with Gasteiger partial charge in [-0.2, -0.15) is 0 Å². The summed E-state index contributed by atoms with van der Waals surface area (Å²) in [4.78, 5) is 17.4. The SMILES string of the molecule is C[C@H]1C[C@@H](C(=O)Nc2nc3ccccc3n2-c2ccccc2)CCN1.Cl. The van der Waals surface area contributed by atoms with Crippen LogP contribution in [0.5, 0.6) is 0 Å². The Morgan fingerprint density at radius 2 is 1.88 bits per heavy atom. The van der Waals surface area contributed by atoms with Gasteiger partial charge in [-0.25, -0.2) is 4.98 Å². The highest BCUT2D eigenvalue weighted by atomic mass is 35.5. The maximum atomic E-state index is 12.8. The maximum Gasteiger partial charge on any atom is 0.229 e. The molecular weight excluding hydrogens is 348 g/mol. The van der Waals surface area contributed by atoms with Gasteiger partial charge in [0, 0.05) is 17.6 Å². The maximum absolute atomic E-state index is 12.8. The molecule has 1 amide bonds. The number of benzene rings is 2. The third-order valence-electron chi connectivity index (χ3n) is 4.80. The van der Waals surface area contributed by atoms with Crippen molar-refractivity contribution < 1.29 is 4.79 Å². The zero-order valence-electron chi connectivity index (χ0n) is 14.7. The number of carbonyl (C=O) groups excluding carboxylic acids is 1. The highest BCUT2D eigenvalue weighted by Gasteiger charge is 2.26. The van der Waals surface area contributed by atoms with E-state index in [4.69, 9.17) is 0 Å². The van der Waals surface area contributed by atoms with Crippen molar-refractivity contribution in [1.82, 2.24) is 14.9 Å². The van der Waals surface area contributed by atoms with E-state index in [0.717, 1.165) is 36.1 Å². The summed E-state index contributed by atoms with van der Waals surface area (Å²) in [7, 11) is 0. The average molecular weight is 371 g/mol. The molecule has 26 heavy (non-hydrogen) atoms. The largest absolute Gasteiger partial charge is 0.314 e. The van der Waals surface area contributed by atoms with E-state index < -0.39 is 0 Å². The van der Waals surface area contributed by atoms with Crippen LogP contribution in [0.4, 0.5) is 5.95 Å². The first-order valence-corrected chi connectivity index (χ1v) is 8.79. The summed E-state index contributed by atoms with van der Waals surface area (Å²) >= 11 is 0. The van der Waals surface area contributed by atoms with Gasteiger partial charge in [-0.15, -0.1) is 12.4 Å². The number of halogens is 1. The lowest BCUT2D eigenvalue weighted by Gasteiger charge is -2.27. The Morgan fingerprint density at radius 1 is 1.15 bits per heavy atom. The number of nitrogens with one attached hydrogen (secondary N) is 2. The minimum absolute atomic E-state index is 0. The second kappa shape index (κ2) is 7.89. The molecule has 1 aliphatic heterocycles. The fourth-order valence-corrected chi connectivity index (χ4v) is 3.53. The molecule has 1 aliphatic rings. The number of nitrogens with zero attached hydrogens (tertiary/aromatic N) is 2. The third kappa shape index (κ3) is 3.59. The van der Waals surface area contributed by atoms with Gasteiger partial charge < -0.3 is 5.32 Å². The van der Waals surface area contributed by atoms with Gasteiger partial charge in [0.2, 0.25) is 11.9 Å². The summed E-state index contributed by atoms with van der Waals surface area (Å²) < 4.78 is 2.01. The van der Waals surface area contributed by atoms with Crippen LogP contribution in [0.25, 0.3) is 16.7 Å². The van der Waals surface area contributed by atoms with Crippen LogP contribution in [-0.2, 0) is 4.79 Å². The number of fused-ring (bicyclic) bond motifs is 1. The summed E-state index contributed by atoms with van der Waals surface area (Å²) in [5.41, 5.74) is 2.85. The zero-order chi connectivity index (χ0) is 17.2. The highest BCUT2D eigenvalue weighted by Crippen LogP contribution is 2.26. The molecule has 5 nitrogen and oxygen atoms in total. The highest BCUT2D eigenvalue weighted by molar-refractivity contribution is 5.94. The Balaban J connectivity index is 0.00000196. The Morgan fingerprint density at radius 3 is 2.65 bits per heavy atom. The number of para-hydroxylation sites is 3. The van der Waals surface area contributed by atoms with Crippen LogP contribution in [-0.4, -0.2) is 28.0 Å². The lowest BCUT2D eigenvalue weighted by molar-refractivity contribution is -0.120. The monoisotopic (exact) mass is 370 g/mol. The van der Waals surface area contributed by atoms with Crippen molar-refractivity contribution in [2.24, 2.45) is 5.92 Å². The van der Waals surface area contributed by atoms with Gasteiger partial charge in [0.1, 0.15) is 0 Å². The van der Waals surface area contributed by atoms with Crippen molar-refractivity contribution >= 4 is 35.3 Å². The quantitative estimate of drug-likeness (QED) is 0.737. The standard InChI is InChI=1S/C20H22N4O.ClH/c1-14-13-15(11-12-21-14)19(25)23-20-22-17-9-5-6-10-18(17)24(20)16-7-3-2-4-8-16;/h2-10,14-15,21H,11-13H2,1H3,(H,22,23,25);1H/t14-,15-;/m0./s1. The predicted molar refractivity (Wildman–Crippen MR) is 107 cm³/mol. The molecule has 1 fully saturated rings. The molecule has 4 rings (SSSR count). The van der Waals surface area contributed by atoms with Gasteiger partial charge in [0.25, 0.3) is 0 Å². The summed E-state index contributed by atoms with van der Waals surface area (Å²) in [5.74, 6) is 0.671. The fourth-order valence-electron chi connectivity index (χ4n) is 3.53. The molecule has 3 aromatic rings. The molecule has 0 bridgehead atoms. The lowest BCUT2D eigenvalue weighted by Crippen LogP contribution is -2.40. The first-order chi connectivity index (χ1) is 12.2. The molecule has 0 unspecified atom stereocenters. The normalized spacial score (nSPS) is 19.7. The molecule has 2 aromatic carbocycles. The number of anilines is 1. The van der Waals surface area contributed by atoms with E-state index in [2.05, 4.69) is 22.5 Å². The van der Waals surface area contributed by atoms with Crippen LogP contribution >= 0.6 is 12.4 Å². The number of rotatable bonds is 3. The number of amides is 1. The molecular formula is C20H23ClN4O. The first kappa shape index (κ1) is 18.4. The predicted octanol–water partition coefficient (Wildman–Crippen LogP) is 3.77. The number of carbonyl (C=O) groups is 1. The second-order valence-electron chi connectivity index (χ2n) is 6.66. The van der Waals surface area contributed by atoms with Crippen LogP contribution in [0.1, 0.15) is 19.8 Å². The Labute approximate surface area is 159 Å². The number of aromatic nitrogens is 2. The van der Waals surface area contributed by atoms with Crippen molar-refractivity contribution in [1.29, 1.82) is 0 Å². The fraction of sp³-hybridized carbons (Fsp3) is 0.300. The summed E-state index contributed by atoms with van der Waals surface area (Å²) in [6.07, 6.45) is 1.72. The van der Waals surface area contributed by atoms with Crippen LogP contribution < -0.4 is 10.6 Å². The smallest absolute Gasteiger partial charge is 0.229 e. The van der Waals surface area contributed by atoms with E-state index in [1.54, 1.807) is 0 Å². The molecule has 1 saturated heterocycles. The van der Waals surface area contributed by atoms with Crippen LogP contribution in [0, 0.1) is 5.92 Å². The molecule has 136 valence electrons. The molecule has 0 saturated carbocycles. The number of hydrogen-bond donors (Lipinski definition) is 2. The molecule has 2 N–H and O–H groups in total. The average Bonchev–Trinajstić information content (AvgIpc) is 3.00. The number of piperidine rings is 1. The van der Waals surface area contributed by atoms with Crippen molar-refractivity contribution in [3.8, 4) is 5.69 Å². The second-order valence-corrected chi connectivity index (χ2v) is 6.66. The molecule has 1 aromatic heterocycles. The van der Waals surface area contributed by atoms with Gasteiger partial charge in [-0.05, 0) is 50.6 Å². The Kier molecular flexibility index (Phi) is 5.59. The minimum atomic E-state index is 0. The van der Waals surface area contributed by atoms with E-state index in [0.29, 0.717) is 12.0 Å². The molecule has 0 spiro atoms. The molecule has 6 heteroatoms. The summed E-state index contributed by atoms with van der Waals surface area (Å²) in [5, 5.41) is 6.46. The Hall–Kier alpha value is -2.37. The van der Waals surface area contributed by atoms with Crippen LogP contribution in [0.3, 0.4) is 0 Å². The molecule has 0 radical (unpaired) electrons. The van der Waals surface area contributed by atoms with Gasteiger partial charge in [0.15, 0.2) is 0 Å². The van der Waals surface area contributed by atoms with Crippen molar-refractivity contribution in [3.63, 3.8) is 0 Å². The summed E-state index contributed by atoms with van der Waals surface area (Å²) in [6.45, 7) is 3.01. The van der Waals surface area contributed by atoms with Gasteiger partial charge in [-0.3, -0.25) is 14.7 Å². The van der Waals surface area contributed by atoms with E-state index in [1.807, 2.05) is 59.2 Å². The van der Waals surface area contributed by atoms with Gasteiger partial charge >= 0.3 is 0 Å².